The zero-order valence-electron chi connectivity index (χ0n) is 18.5. The van der Waals surface area contributed by atoms with Gasteiger partial charge in [-0.25, -0.2) is 9.97 Å². The molecule has 10 nitrogen and oxygen atoms in total. The standard InChI is InChI=1S/C23H23N7O3S/c1-28(34(31,32)21-5-7-22(26-16-21)29-9-11-33-12-10-29)27-15-20-14-25-23-6-4-19(17-30(20)23)18-3-2-8-24-13-18/h2-8,13-17H,9-12H2,1H3. The average Bonchev–Trinajstić information content (AvgIpc) is 3.30. The summed E-state index contributed by atoms with van der Waals surface area (Å²) in [5, 5.41) is 4.17. The van der Waals surface area contributed by atoms with E-state index < -0.39 is 10.0 Å². The molecule has 0 aliphatic carbocycles. The van der Waals surface area contributed by atoms with Gasteiger partial charge in [0.05, 0.1) is 31.3 Å². The average molecular weight is 478 g/mol. The first-order valence-corrected chi connectivity index (χ1v) is 12.2. The summed E-state index contributed by atoms with van der Waals surface area (Å²) in [7, 11) is -2.46. The summed E-state index contributed by atoms with van der Waals surface area (Å²) in [4.78, 5) is 15.0. The number of hydrogen-bond acceptors (Lipinski definition) is 8. The van der Waals surface area contributed by atoms with E-state index >= 15 is 0 Å². The van der Waals surface area contributed by atoms with Crippen LogP contribution in [0, 0.1) is 0 Å². The molecule has 1 aliphatic heterocycles. The van der Waals surface area contributed by atoms with Gasteiger partial charge < -0.3 is 9.64 Å². The number of morpholine rings is 1. The number of sulfonamides is 1. The molecule has 5 rings (SSSR count). The van der Waals surface area contributed by atoms with Crippen LogP contribution in [-0.4, -0.2) is 71.8 Å². The van der Waals surface area contributed by atoms with Crippen molar-refractivity contribution in [2.75, 3.05) is 38.3 Å². The molecule has 0 spiro atoms. The van der Waals surface area contributed by atoms with Crippen LogP contribution in [0.2, 0.25) is 0 Å². The van der Waals surface area contributed by atoms with E-state index in [9.17, 15) is 8.42 Å². The van der Waals surface area contributed by atoms with Crippen LogP contribution >= 0.6 is 0 Å². The number of nitrogens with zero attached hydrogens (tertiary/aromatic N) is 7. The Kier molecular flexibility index (Phi) is 5.95. The summed E-state index contributed by atoms with van der Waals surface area (Å²) in [5.74, 6) is 0.726. The Morgan fingerprint density at radius 3 is 2.62 bits per heavy atom. The van der Waals surface area contributed by atoms with Gasteiger partial charge in [-0.05, 0) is 30.3 Å². The summed E-state index contributed by atoms with van der Waals surface area (Å²) < 4.78 is 34.1. The molecule has 1 aliphatic rings. The van der Waals surface area contributed by atoms with E-state index in [2.05, 4.69) is 25.0 Å². The highest BCUT2D eigenvalue weighted by Gasteiger charge is 2.21. The number of hydrogen-bond donors (Lipinski definition) is 0. The second kappa shape index (κ2) is 9.20. The monoisotopic (exact) mass is 477 g/mol. The van der Waals surface area contributed by atoms with E-state index in [4.69, 9.17) is 4.74 Å². The molecular formula is C23H23N7O3S. The van der Waals surface area contributed by atoms with Crippen molar-refractivity contribution in [2.45, 2.75) is 4.90 Å². The number of pyridine rings is 3. The molecule has 4 aromatic heterocycles. The van der Waals surface area contributed by atoms with Crippen LogP contribution in [0.1, 0.15) is 5.69 Å². The Morgan fingerprint density at radius 2 is 1.88 bits per heavy atom. The maximum atomic E-state index is 13.0. The van der Waals surface area contributed by atoms with Gasteiger partial charge >= 0.3 is 0 Å². The number of rotatable bonds is 6. The Bertz CT molecular complexity index is 1410. The Morgan fingerprint density at radius 1 is 1.03 bits per heavy atom. The van der Waals surface area contributed by atoms with Gasteiger partial charge in [-0.2, -0.15) is 17.9 Å². The van der Waals surface area contributed by atoms with E-state index in [1.807, 2.05) is 34.9 Å². The van der Waals surface area contributed by atoms with Crippen molar-refractivity contribution in [1.29, 1.82) is 0 Å². The Labute approximate surface area is 197 Å². The fraction of sp³-hybridized carbons (Fsp3) is 0.217. The van der Waals surface area contributed by atoms with Crippen LogP contribution in [0.3, 0.4) is 0 Å². The molecular weight excluding hydrogens is 454 g/mol. The van der Waals surface area contributed by atoms with Crippen LogP contribution in [-0.2, 0) is 14.8 Å². The first-order chi connectivity index (χ1) is 16.5. The van der Waals surface area contributed by atoms with Gasteiger partial charge in [-0.3, -0.25) is 9.38 Å². The van der Waals surface area contributed by atoms with Gasteiger partial charge in [-0.1, -0.05) is 6.07 Å². The third-order valence-corrected chi connectivity index (χ3v) is 7.21. The minimum Gasteiger partial charge on any atom is -0.378 e. The SMILES string of the molecule is CN(N=Cc1cnc2ccc(-c3cccnc3)cn12)S(=O)(=O)c1ccc(N2CCOCC2)nc1. The van der Waals surface area contributed by atoms with Crippen molar-refractivity contribution in [3.63, 3.8) is 0 Å². The zero-order chi connectivity index (χ0) is 23.5. The van der Waals surface area contributed by atoms with Gasteiger partial charge in [0.2, 0.25) is 0 Å². The Balaban J connectivity index is 1.36. The first kappa shape index (κ1) is 22.0. The fourth-order valence-electron chi connectivity index (χ4n) is 3.66. The van der Waals surface area contributed by atoms with Gasteiger partial charge in [0, 0.05) is 56.1 Å². The van der Waals surface area contributed by atoms with Gasteiger partial charge in [-0.15, -0.1) is 0 Å². The molecule has 0 bridgehead atoms. The third kappa shape index (κ3) is 4.35. The summed E-state index contributed by atoms with van der Waals surface area (Å²) in [5.41, 5.74) is 3.29. The van der Waals surface area contributed by atoms with Crippen molar-refractivity contribution < 1.29 is 13.2 Å². The van der Waals surface area contributed by atoms with Crippen LogP contribution in [0.4, 0.5) is 5.82 Å². The number of aromatic nitrogens is 4. The molecule has 5 heterocycles. The lowest BCUT2D eigenvalue weighted by Crippen LogP contribution is -2.36. The predicted molar refractivity (Wildman–Crippen MR) is 128 cm³/mol. The summed E-state index contributed by atoms with van der Waals surface area (Å²) in [6.45, 7) is 2.72. The van der Waals surface area contributed by atoms with Crippen molar-refractivity contribution in [3.8, 4) is 11.1 Å². The summed E-state index contributed by atoms with van der Waals surface area (Å²) in [6.07, 6.45) is 9.90. The number of imidazole rings is 1. The third-order valence-electron chi connectivity index (χ3n) is 5.58. The Hall–Kier alpha value is -3.83. The fourth-order valence-corrected chi connectivity index (χ4v) is 4.56. The van der Waals surface area contributed by atoms with Crippen LogP contribution in [0.5, 0.6) is 0 Å². The molecule has 0 N–H and O–H groups in total. The lowest BCUT2D eigenvalue weighted by molar-refractivity contribution is 0.122. The number of fused-ring (bicyclic) bond motifs is 1. The maximum Gasteiger partial charge on any atom is 0.280 e. The highest BCUT2D eigenvalue weighted by Crippen LogP contribution is 2.20. The lowest BCUT2D eigenvalue weighted by atomic mass is 10.1. The zero-order valence-corrected chi connectivity index (χ0v) is 19.3. The van der Waals surface area contributed by atoms with Gasteiger partial charge in [0.25, 0.3) is 10.0 Å². The number of ether oxygens (including phenoxy) is 1. The van der Waals surface area contributed by atoms with Crippen molar-refractivity contribution in [3.05, 3.63) is 73.1 Å². The second-order valence-electron chi connectivity index (χ2n) is 7.71. The molecule has 0 atom stereocenters. The molecule has 34 heavy (non-hydrogen) atoms. The number of anilines is 1. The minimum absolute atomic E-state index is 0.0705. The van der Waals surface area contributed by atoms with Crippen LogP contribution in [0.15, 0.2) is 77.4 Å². The minimum atomic E-state index is -3.85. The molecule has 11 heteroatoms. The van der Waals surface area contributed by atoms with Crippen molar-refractivity contribution in [2.24, 2.45) is 5.10 Å². The molecule has 0 unspecified atom stereocenters. The van der Waals surface area contributed by atoms with E-state index in [-0.39, 0.29) is 4.90 Å². The summed E-state index contributed by atoms with van der Waals surface area (Å²) >= 11 is 0. The van der Waals surface area contributed by atoms with Crippen LogP contribution in [0.25, 0.3) is 16.8 Å². The van der Waals surface area contributed by atoms with E-state index in [1.54, 1.807) is 30.7 Å². The molecule has 1 fully saturated rings. The largest absolute Gasteiger partial charge is 0.378 e. The van der Waals surface area contributed by atoms with Crippen molar-refractivity contribution >= 4 is 27.7 Å². The topological polar surface area (TPSA) is 105 Å². The van der Waals surface area contributed by atoms with E-state index in [1.165, 1.54) is 19.5 Å². The quantitative estimate of drug-likeness (QED) is 0.310. The molecule has 174 valence electrons. The molecule has 4 aromatic rings. The second-order valence-corrected chi connectivity index (χ2v) is 9.66. The highest BCUT2D eigenvalue weighted by atomic mass is 32.2. The normalized spacial score (nSPS) is 14.7. The lowest BCUT2D eigenvalue weighted by Gasteiger charge is -2.27. The smallest absolute Gasteiger partial charge is 0.280 e. The molecule has 0 saturated carbocycles. The van der Waals surface area contributed by atoms with E-state index in [0.717, 1.165) is 40.1 Å². The molecule has 0 amide bonds. The van der Waals surface area contributed by atoms with Crippen LogP contribution < -0.4 is 4.90 Å². The summed E-state index contributed by atoms with van der Waals surface area (Å²) in [6, 6.07) is 11.0. The van der Waals surface area contributed by atoms with Gasteiger partial charge in [0.1, 0.15) is 16.4 Å². The first-order valence-electron chi connectivity index (χ1n) is 10.7. The highest BCUT2D eigenvalue weighted by molar-refractivity contribution is 7.89. The molecule has 1 saturated heterocycles. The number of hydrazone groups is 1. The predicted octanol–water partition coefficient (Wildman–Crippen LogP) is 2.28. The molecule has 0 aromatic carbocycles. The van der Waals surface area contributed by atoms with E-state index in [0.29, 0.717) is 18.9 Å². The van der Waals surface area contributed by atoms with Crippen molar-refractivity contribution in [1.82, 2.24) is 23.8 Å². The molecule has 0 radical (unpaired) electrons. The van der Waals surface area contributed by atoms with Gasteiger partial charge in [0.15, 0.2) is 0 Å². The maximum absolute atomic E-state index is 13.0.